The lowest BCUT2D eigenvalue weighted by Crippen LogP contribution is -2.53. The molecule has 10 heteroatoms. The highest BCUT2D eigenvalue weighted by molar-refractivity contribution is 5.78. The molecule has 1 amide bonds. The number of amides is 1. The number of benzene rings is 2. The van der Waals surface area contributed by atoms with Gasteiger partial charge in [0.05, 0.1) is 29.4 Å². The molecular formula is C27H34F6N2O2. The minimum Gasteiger partial charge on any atom is -0.371 e. The number of alkyl halides is 6. The number of likely N-dealkylation sites (N-methyl/N-ethyl adjacent to an activating group) is 1. The topological polar surface area (TPSA) is 50.4 Å². The molecule has 0 fully saturated rings. The zero-order chi connectivity index (χ0) is 27.9. The fraction of sp³-hybridized carbons (Fsp3) is 0.519. The fourth-order valence-corrected chi connectivity index (χ4v) is 4.48. The largest absolute Gasteiger partial charge is 0.416 e. The van der Waals surface area contributed by atoms with Crippen LogP contribution in [0.1, 0.15) is 62.3 Å². The van der Waals surface area contributed by atoms with Crippen molar-refractivity contribution >= 4 is 5.91 Å². The van der Waals surface area contributed by atoms with E-state index < -0.39 is 47.6 Å². The number of rotatable bonds is 12. The van der Waals surface area contributed by atoms with E-state index in [0.29, 0.717) is 25.1 Å². The minimum atomic E-state index is -4.94. The zero-order valence-corrected chi connectivity index (χ0v) is 21.4. The summed E-state index contributed by atoms with van der Waals surface area (Å²) in [5.41, 5.74) is -3.17. The van der Waals surface area contributed by atoms with Crippen LogP contribution >= 0.6 is 0 Å². The highest BCUT2D eigenvalue weighted by atomic mass is 19.4. The van der Waals surface area contributed by atoms with Crippen LogP contribution in [-0.2, 0) is 34.0 Å². The fourth-order valence-electron chi connectivity index (χ4n) is 4.48. The molecule has 0 bridgehead atoms. The number of ether oxygens (including phenoxy) is 1. The summed E-state index contributed by atoms with van der Waals surface area (Å²) in [6.45, 7) is 5.57. The van der Waals surface area contributed by atoms with Crippen LogP contribution in [0.5, 0.6) is 0 Å². The van der Waals surface area contributed by atoms with Crippen molar-refractivity contribution in [2.45, 2.75) is 70.6 Å². The van der Waals surface area contributed by atoms with E-state index in [9.17, 15) is 31.1 Å². The van der Waals surface area contributed by atoms with Crippen LogP contribution in [-0.4, -0.2) is 25.6 Å². The average molecular weight is 533 g/mol. The SMILES string of the molecule is CCCNC(=O)C(C)CC(NC)(c1ccccc1)C(CC)OCc1cc(C(F)(F)F)cc(C(F)(F)F)c1. The van der Waals surface area contributed by atoms with Crippen molar-refractivity contribution in [2.75, 3.05) is 13.6 Å². The summed E-state index contributed by atoms with van der Waals surface area (Å²) in [6.07, 6.45) is -9.13. The predicted molar refractivity (Wildman–Crippen MR) is 130 cm³/mol. The summed E-state index contributed by atoms with van der Waals surface area (Å²) in [5.74, 6) is -0.609. The van der Waals surface area contributed by atoms with E-state index in [4.69, 9.17) is 4.74 Å². The smallest absolute Gasteiger partial charge is 0.371 e. The third kappa shape index (κ3) is 7.95. The van der Waals surface area contributed by atoms with Crippen LogP contribution in [0.4, 0.5) is 26.3 Å². The molecule has 0 spiro atoms. The molecule has 3 atom stereocenters. The lowest BCUT2D eigenvalue weighted by molar-refractivity contribution is -0.143. The Morgan fingerprint density at radius 2 is 1.49 bits per heavy atom. The van der Waals surface area contributed by atoms with Gasteiger partial charge in [0.1, 0.15) is 0 Å². The maximum atomic E-state index is 13.3. The van der Waals surface area contributed by atoms with Crippen LogP contribution in [0.15, 0.2) is 48.5 Å². The molecule has 2 rings (SSSR count). The second-order valence-corrected chi connectivity index (χ2v) is 9.11. The van der Waals surface area contributed by atoms with Crippen LogP contribution in [0.25, 0.3) is 0 Å². The Bertz CT molecular complexity index is 978. The molecule has 0 aliphatic heterocycles. The van der Waals surface area contributed by atoms with Crippen molar-refractivity contribution in [3.63, 3.8) is 0 Å². The van der Waals surface area contributed by atoms with Crippen molar-refractivity contribution in [3.05, 3.63) is 70.8 Å². The molecule has 2 aromatic rings. The molecule has 2 N–H and O–H groups in total. The van der Waals surface area contributed by atoms with Crippen molar-refractivity contribution in [3.8, 4) is 0 Å². The summed E-state index contributed by atoms with van der Waals surface area (Å²) < 4.78 is 86.0. The van der Waals surface area contributed by atoms with E-state index in [1.165, 1.54) is 0 Å². The summed E-state index contributed by atoms with van der Waals surface area (Å²) in [4.78, 5) is 12.7. The third-order valence-electron chi connectivity index (χ3n) is 6.38. The summed E-state index contributed by atoms with van der Waals surface area (Å²) in [6, 6.07) is 10.6. The van der Waals surface area contributed by atoms with E-state index in [-0.39, 0.29) is 24.0 Å². The van der Waals surface area contributed by atoms with Crippen molar-refractivity contribution < 1.29 is 35.9 Å². The number of halogens is 6. The molecule has 0 aromatic heterocycles. The van der Waals surface area contributed by atoms with Gasteiger partial charge in [-0.25, -0.2) is 0 Å². The first kappa shape index (κ1) is 30.6. The van der Waals surface area contributed by atoms with Crippen LogP contribution in [0, 0.1) is 5.92 Å². The van der Waals surface area contributed by atoms with Gasteiger partial charge in [0, 0.05) is 12.5 Å². The molecule has 206 valence electrons. The summed E-state index contributed by atoms with van der Waals surface area (Å²) in [7, 11) is 1.70. The number of hydrogen-bond acceptors (Lipinski definition) is 3. The third-order valence-corrected chi connectivity index (χ3v) is 6.38. The van der Waals surface area contributed by atoms with Gasteiger partial charge in [-0.1, -0.05) is 51.1 Å². The molecule has 0 radical (unpaired) electrons. The Balaban J connectivity index is 2.45. The second kappa shape index (κ2) is 12.8. The molecule has 37 heavy (non-hydrogen) atoms. The predicted octanol–water partition coefficient (Wildman–Crippen LogP) is 6.69. The van der Waals surface area contributed by atoms with E-state index >= 15 is 0 Å². The minimum absolute atomic E-state index is 0.0965. The van der Waals surface area contributed by atoms with Gasteiger partial charge in [-0.05, 0) is 55.6 Å². The monoisotopic (exact) mass is 532 g/mol. The number of carbonyl (C=O) groups is 1. The van der Waals surface area contributed by atoms with Gasteiger partial charge in [-0.15, -0.1) is 0 Å². The first-order valence-corrected chi connectivity index (χ1v) is 12.2. The van der Waals surface area contributed by atoms with E-state index in [1.54, 1.807) is 14.0 Å². The lowest BCUT2D eigenvalue weighted by atomic mass is 9.76. The molecule has 3 unspecified atom stereocenters. The maximum absolute atomic E-state index is 13.3. The molecule has 0 aliphatic rings. The van der Waals surface area contributed by atoms with Gasteiger partial charge in [0.2, 0.25) is 5.91 Å². The quantitative estimate of drug-likeness (QED) is 0.300. The van der Waals surface area contributed by atoms with Crippen LogP contribution < -0.4 is 10.6 Å². The van der Waals surface area contributed by atoms with Gasteiger partial charge >= 0.3 is 12.4 Å². The molecule has 0 saturated heterocycles. The number of nitrogens with one attached hydrogen (secondary N) is 2. The zero-order valence-electron chi connectivity index (χ0n) is 21.4. The number of hydrogen-bond donors (Lipinski definition) is 2. The normalized spacial score (nSPS) is 15.6. The van der Waals surface area contributed by atoms with Gasteiger partial charge in [0.25, 0.3) is 0 Å². The van der Waals surface area contributed by atoms with E-state index in [0.717, 1.165) is 12.0 Å². The number of carbonyl (C=O) groups excluding carboxylic acids is 1. The van der Waals surface area contributed by atoms with Crippen LogP contribution in [0.2, 0.25) is 0 Å². The van der Waals surface area contributed by atoms with Gasteiger partial charge in [0.15, 0.2) is 0 Å². The van der Waals surface area contributed by atoms with Crippen molar-refractivity contribution in [1.29, 1.82) is 0 Å². The Morgan fingerprint density at radius 1 is 0.919 bits per heavy atom. The van der Waals surface area contributed by atoms with Crippen molar-refractivity contribution in [1.82, 2.24) is 10.6 Å². The highest BCUT2D eigenvalue weighted by Gasteiger charge is 2.42. The molecule has 0 aliphatic carbocycles. The Hall–Kier alpha value is -2.59. The van der Waals surface area contributed by atoms with E-state index in [1.807, 2.05) is 44.2 Å². The van der Waals surface area contributed by atoms with Gasteiger partial charge in [-0.2, -0.15) is 26.3 Å². The summed E-state index contributed by atoms with van der Waals surface area (Å²) >= 11 is 0. The maximum Gasteiger partial charge on any atom is 0.416 e. The second-order valence-electron chi connectivity index (χ2n) is 9.11. The Labute approximate surface area is 213 Å². The first-order valence-electron chi connectivity index (χ1n) is 12.2. The molecule has 0 saturated carbocycles. The lowest BCUT2D eigenvalue weighted by Gasteiger charge is -2.42. The van der Waals surface area contributed by atoms with Crippen LogP contribution in [0.3, 0.4) is 0 Å². The van der Waals surface area contributed by atoms with Gasteiger partial charge in [-0.3, -0.25) is 4.79 Å². The molecule has 0 heterocycles. The molecule has 4 nitrogen and oxygen atoms in total. The average Bonchev–Trinajstić information content (AvgIpc) is 2.85. The standard InChI is InChI=1S/C27H34F6N2O2/c1-5-12-35-24(36)18(3)16-25(34-4,20-10-8-7-9-11-20)23(6-2)37-17-19-13-21(26(28,29)30)15-22(14-19)27(31,32)33/h7-11,13-15,18,23,34H,5-6,12,16-17H2,1-4H3,(H,35,36). The Morgan fingerprint density at radius 3 is 1.95 bits per heavy atom. The van der Waals surface area contributed by atoms with E-state index in [2.05, 4.69) is 10.6 Å². The molecular weight excluding hydrogens is 498 g/mol. The van der Waals surface area contributed by atoms with Crippen molar-refractivity contribution in [2.24, 2.45) is 5.92 Å². The first-order chi connectivity index (χ1) is 17.3. The highest BCUT2D eigenvalue weighted by Crippen LogP contribution is 2.38. The summed E-state index contributed by atoms with van der Waals surface area (Å²) in [5, 5.41) is 6.13. The Kier molecular flexibility index (Phi) is 10.6. The van der Waals surface area contributed by atoms with Gasteiger partial charge < -0.3 is 15.4 Å². The molecule has 2 aromatic carbocycles.